The quantitative estimate of drug-likeness (QED) is 0.861. The molecule has 1 saturated heterocycles. The van der Waals surface area contributed by atoms with E-state index in [0.29, 0.717) is 17.4 Å². The molecule has 1 aliphatic heterocycles. The van der Waals surface area contributed by atoms with Crippen LogP contribution in [0, 0.1) is 11.7 Å². The second kappa shape index (κ2) is 6.24. The van der Waals surface area contributed by atoms with E-state index < -0.39 is 23.6 Å². The van der Waals surface area contributed by atoms with Crippen molar-refractivity contribution in [1.29, 1.82) is 0 Å². The third-order valence-corrected chi connectivity index (χ3v) is 4.50. The Morgan fingerprint density at radius 1 is 1.38 bits per heavy atom. The number of aryl methyl sites for hydroxylation is 1. The summed E-state index contributed by atoms with van der Waals surface area (Å²) in [6.45, 7) is 0.349. The van der Waals surface area contributed by atoms with E-state index in [9.17, 15) is 14.0 Å². The van der Waals surface area contributed by atoms with E-state index in [4.69, 9.17) is 11.6 Å². The Morgan fingerprint density at radius 3 is 2.71 bits per heavy atom. The number of benzene rings is 1. The lowest BCUT2D eigenvalue weighted by Crippen LogP contribution is -2.33. The summed E-state index contributed by atoms with van der Waals surface area (Å²) in [5.74, 6) is -2.84. The van der Waals surface area contributed by atoms with Crippen molar-refractivity contribution in [2.24, 2.45) is 13.0 Å². The zero-order valence-corrected chi connectivity index (χ0v) is 13.9. The topological polar surface area (TPSA) is 67.2 Å². The number of carbonyl (C=O) groups is 2. The molecule has 24 heavy (non-hydrogen) atoms. The number of amides is 2. The highest BCUT2D eigenvalue weighted by molar-refractivity contribution is 6.29. The van der Waals surface area contributed by atoms with E-state index in [2.05, 4.69) is 10.4 Å². The molecule has 3 rings (SSSR count). The van der Waals surface area contributed by atoms with Gasteiger partial charge in [-0.15, -0.1) is 0 Å². The molecule has 1 aromatic carbocycles. The van der Waals surface area contributed by atoms with Gasteiger partial charge in [-0.05, 0) is 18.2 Å². The molecule has 1 N–H and O–H groups in total. The van der Waals surface area contributed by atoms with Crippen molar-refractivity contribution in [3.8, 4) is 0 Å². The number of aromatic nitrogens is 2. The molecule has 2 aromatic rings. The van der Waals surface area contributed by atoms with Crippen molar-refractivity contribution < 1.29 is 14.0 Å². The number of hydrogen-bond acceptors (Lipinski definition) is 3. The summed E-state index contributed by atoms with van der Waals surface area (Å²) in [6.07, 6.45) is 0. The summed E-state index contributed by atoms with van der Waals surface area (Å²) in [4.78, 5) is 26.5. The van der Waals surface area contributed by atoms with Crippen LogP contribution in [0.4, 0.5) is 10.1 Å². The van der Waals surface area contributed by atoms with Crippen LogP contribution in [0.2, 0.25) is 5.15 Å². The number of halogens is 2. The molecule has 126 valence electrons. The predicted molar refractivity (Wildman–Crippen MR) is 87.1 cm³/mol. The van der Waals surface area contributed by atoms with Crippen molar-refractivity contribution in [2.75, 3.05) is 18.9 Å². The van der Waals surface area contributed by atoms with Gasteiger partial charge in [-0.3, -0.25) is 14.3 Å². The number of nitrogens with zero attached hydrogens (tertiary/aromatic N) is 3. The monoisotopic (exact) mass is 350 g/mol. The van der Waals surface area contributed by atoms with E-state index >= 15 is 0 Å². The summed E-state index contributed by atoms with van der Waals surface area (Å²) < 4.78 is 15.2. The lowest BCUT2D eigenvalue weighted by atomic mass is 9.91. The molecule has 1 aromatic heterocycles. The number of likely N-dealkylation sites (tertiary alicyclic amines) is 1. The van der Waals surface area contributed by atoms with Crippen LogP contribution in [-0.2, 0) is 16.6 Å². The van der Waals surface area contributed by atoms with Gasteiger partial charge < -0.3 is 10.2 Å². The second-order valence-electron chi connectivity index (χ2n) is 5.79. The number of likely N-dealkylation sites (N-methyl/N-ethyl adjacent to an activating group) is 1. The van der Waals surface area contributed by atoms with Crippen LogP contribution in [0.1, 0.15) is 11.6 Å². The van der Waals surface area contributed by atoms with Gasteiger partial charge >= 0.3 is 0 Å². The minimum atomic E-state index is -0.972. The SMILES string of the molecule is CN1CC(c2cc(Cl)n(C)n2)C(C(=O)Nc2ccccc2F)C1=O. The molecule has 2 atom stereocenters. The third-order valence-electron chi connectivity index (χ3n) is 4.15. The Balaban J connectivity index is 1.89. The van der Waals surface area contributed by atoms with Gasteiger partial charge in [-0.1, -0.05) is 23.7 Å². The predicted octanol–water partition coefficient (Wildman–Crippen LogP) is 2.02. The lowest BCUT2D eigenvalue weighted by Gasteiger charge is -2.15. The van der Waals surface area contributed by atoms with Crippen LogP contribution in [-0.4, -0.2) is 40.1 Å². The number of anilines is 1. The summed E-state index contributed by atoms with van der Waals surface area (Å²) in [5.41, 5.74) is 0.608. The highest BCUT2D eigenvalue weighted by Crippen LogP contribution is 2.34. The maximum Gasteiger partial charge on any atom is 0.237 e. The summed E-state index contributed by atoms with van der Waals surface area (Å²) in [5, 5.41) is 7.18. The van der Waals surface area contributed by atoms with Gasteiger partial charge in [0.2, 0.25) is 11.8 Å². The molecule has 2 unspecified atom stereocenters. The van der Waals surface area contributed by atoms with E-state index in [0.717, 1.165) is 0 Å². The third kappa shape index (κ3) is 2.87. The van der Waals surface area contributed by atoms with Crippen LogP contribution in [0.3, 0.4) is 0 Å². The fourth-order valence-electron chi connectivity index (χ4n) is 2.88. The summed E-state index contributed by atoms with van der Waals surface area (Å²) in [6, 6.07) is 7.47. The van der Waals surface area contributed by atoms with Gasteiger partial charge in [0, 0.05) is 26.6 Å². The Bertz CT molecular complexity index is 788. The minimum absolute atomic E-state index is 0.0441. The van der Waals surface area contributed by atoms with Gasteiger partial charge in [0.15, 0.2) is 0 Å². The number of carbonyl (C=O) groups excluding carboxylic acids is 2. The second-order valence-corrected chi connectivity index (χ2v) is 6.17. The van der Waals surface area contributed by atoms with E-state index in [1.54, 1.807) is 26.2 Å². The molecule has 2 heterocycles. The highest BCUT2D eigenvalue weighted by atomic mass is 35.5. The van der Waals surface area contributed by atoms with Gasteiger partial charge in [-0.2, -0.15) is 5.10 Å². The largest absolute Gasteiger partial charge is 0.344 e. The molecule has 6 nitrogen and oxygen atoms in total. The first kappa shape index (κ1) is 16.4. The Labute approximate surface area is 143 Å². The van der Waals surface area contributed by atoms with E-state index in [-0.39, 0.29) is 11.6 Å². The van der Waals surface area contributed by atoms with Gasteiger partial charge in [0.1, 0.15) is 16.9 Å². The van der Waals surface area contributed by atoms with Crippen molar-refractivity contribution >= 4 is 29.1 Å². The number of rotatable bonds is 3. The highest BCUT2D eigenvalue weighted by Gasteiger charge is 2.45. The molecule has 0 aliphatic carbocycles. The molecule has 1 fully saturated rings. The number of para-hydroxylation sites is 1. The van der Waals surface area contributed by atoms with Gasteiger partial charge in [0.25, 0.3) is 0 Å². The first-order valence-corrected chi connectivity index (χ1v) is 7.76. The van der Waals surface area contributed by atoms with Gasteiger partial charge in [0.05, 0.1) is 11.4 Å². The molecule has 8 heteroatoms. The Kier molecular flexibility index (Phi) is 4.28. The molecule has 0 spiro atoms. The first-order valence-electron chi connectivity index (χ1n) is 7.38. The average Bonchev–Trinajstić information content (AvgIpc) is 3.02. The smallest absolute Gasteiger partial charge is 0.237 e. The zero-order chi connectivity index (χ0) is 17.4. The molecule has 2 amide bonds. The first-order chi connectivity index (χ1) is 11.4. The van der Waals surface area contributed by atoms with Crippen molar-refractivity contribution in [3.05, 3.63) is 47.0 Å². The Hall–Kier alpha value is -2.41. The lowest BCUT2D eigenvalue weighted by molar-refractivity contribution is -0.135. The molecule has 0 bridgehead atoms. The summed E-state index contributed by atoms with van der Waals surface area (Å²) in [7, 11) is 3.30. The van der Waals surface area contributed by atoms with Crippen LogP contribution >= 0.6 is 11.6 Å². The van der Waals surface area contributed by atoms with E-state index in [1.807, 2.05) is 0 Å². The zero-order valence-electron chi connectivity index (χ0n) is 13.2. The van der Waals surface area contributed by atoms with Crippen molar-refractivity contribution in [1.82, 2.24) is 14.7 Å². The number of nitrogens with one attached hydrogen (secondary N) is 1. The normalized spacial score (nSPS) is 20.5. The van der Waals surface area contributed by atoms with Crippen LogP contribution in [0.5, 0.6) is 0 Å². The van der Waals surface area contributed by atoms with Crippen LogP contribution in [0.15, 0.2) is 30.3 Å². The molecule has 0 radical (unpaired) electrons. The standard InChI is InChI=1S/C16H16ClFN4O2/c1-21-8-9(12-7-13(17)22(2)20-12)14(16(21)24)15(23)19-11-6-4-3-5-10(11)18/h3-7,9,14H,8H2,1-2H3,(H,19,23). The Morgan fingerprint density at radius 2 is 2.08 bits per heavy atom. The molecular weight excluding hydrogens is 335 g/mol. The maximum atomic E-state index is 13.7. The molecule has 1 aliphatic rings. The van der Waals surface area contributed by atoms with Crippen molar-refractivity contribution in [3.63, 3.8) is 0 Å². The fourth-order valence-corrected chi connectivity index (χ4v) is 3.03. The molecular formula is C16H16ClFN4O2. The number of hydrogen-bond donors (Lipinski definition) is 1. The van der Waals surface area contributed by atoms with E-state index in [1.165, 1.54) is 27.8 Å². The molecule has 0 saturated carbocycles. The fraction of sp³-hybridized carbons (Fsp3) is 0.312. The minimum Gasteiger partial charge on any atom is -0.344 e. The van der Waals surface area contributed by atoms with Gasteiger partial charge in [-0.25, -0.2) is 4.39 Å². The average molecular weight is 351 g/mol. The maximum absolute atomic E-state index is 13.7. The summed E-state index contributed by atoms with van der Waals surface area (Å²) >= 11 is 6.01. The van der Waals surface area contributed by atoms with Crippen molar-refractivity contribution in [2.45, 2.75) is 5.92 Å². The van der Waals surface area contributed by atoms with Crippen LogP contribution < -0.4 is 5.32 Å². The van der Waals surface area contributed by atoms with Crippen LogP contribution in [0.25, 0.3) is 0 Å².